The molecular weight excluding hydrogens is 362 g/mol. The summed E-state index contributed by atoms with van der Waals surface area (Å²) in [6.07, 6.45) is 3.44. The number of rotatable bonds is 6. The molecule has 1 fully saturated rings. The molecule has 0 saturated heterocycles. The second kappa shape index (κ2) is 9.59. The van der Waals surface area contributed by atoms with Crippen molar-refractivity contribution in [3.63, 3.8) is 0 Å². The molecule has 0 bridgehead atoms. The molecule has 29 heavy (non-hydrogen) atoms. The predicted octanol–water partition coefficient (Wildman–Crippen LogP) is 4.27. The molecular formula is C24H31N3O2. The minimum atomic E-state index is -0.0849. The van der Waals surface area contributed by atoms with Crippen LogP contribution in [0.3, 0.4) is 0 Å². The van der Waals surface area contributed by atoms with E-state index in [1.807, 2.05) is 80.4 Å². The van der Waals surface area contributed by atoms with Gasteiger partial charge in [-0.2, -0.15) is 0 Å². The topological polar surface area (TPSA) is 61.4 Å². The Morgan fingerprint density at radius 1 is 1.00 bits per heavy atom. The van der Waals surface area contributed by atoms with Crippen molar-refractivity contribution in [1.82, 2.24) is 10.6 Å². The van der Waals surface area contributed by atoms with Crippen molar-refractivity contribution < 1.29 is 9.59 Å². The van der Waals surface area contributed by atoms with Crippen LogP contribution in [0.4, 0.5) is 11.4 Å². The Bertz CT molecular complexity index is 835. The highest BCUT2D eigenvalue weighted by Gasteiger charge is 2.29. The van der Waals surface area contributed by atoms with Gasteiger partial charge in [0.15, 0.2) is 0 Å². The van der Waals surface area contributed by atoms with Crippen LogP contribution >= 0.6 is 0 Å². The van der Waals surface area contributed by atoms with Gasteiger partial charge in [-0.15, -0.1) is 0 Å². The number of anilines is 2. The molecule has 2 aromatic carbocycles. The number of nitrogens with zero attached hydrogens (tertiary/aromatic N) is 1. The molecule has 0 aliphatic heterocycles. The zero-order valence-corrected chi connectivity index (χ0v) is 17.5. The van der Waals surface area contributed by atoms with Crippen LogP contribution in [0, 0.1) is 5.92 Å². The highest BCUT2D eigenvalue weighted by atomic mass is 16.2. The molecule has 5 heteroatoms. The zero-order chi connectivity index (χ0) is 20.8. The van der Waals surface area contributed by atoms with Gasteiger partial charge in [0, 0.05) is 30.7 Å². The predicted molar refractivity (Wildman–Crippen MR) is 117 cm³/mol. The lowest BCUT2D eigenvalue weighted by molar-refractivity contribution is -0.126. The molecule has 2 amide bonds. The van der Waals surface area contributed by atoms with Gasteiger partial charge in [0.25, 0.3) is 5.91 Å². The molecule has 2 aromatic rings. The van der Waals surface area contributed by atoms with Crippen LogP contribution in [0.5, 0.6) is 0 Å². The van der Waals surface area contributed by atoms with Gasteiger partial charge in [-0.3, -0.25) is 9.59 Å². The third-order valence-electron chi connectivity index (χ3n) is 5.46. The van der Waals surface area contributed by atoms with E-state index < -0.39 is 0 Å². The van der Waals surface area contributed by atoms with Crippen molar-refractivity contribution in [3.8, 4) is 0 Å². The normalized spacial score (nSPS) is 18.9. The molecule has 0 heterocycles. The van der Waals surface area contributed by atoms with E-state index in [9.17, 15) is 9.59 Å². The minimum absolute atomic E-state index is 0.0225. The van der Waals surface area contributed by atoms with Gasteiger partial charge < -0.3 is 15.5 Å². The number of amides is 2. The number of hydrogen-bond donors (Lipinski definition) is 2. The van der Waals surface area contributed by atoms with E-state index in [0.29, 0.717) is 12.0 Å². The Morgan fingerprint density at radius 3 is 2.41 bits per heavy atom. The Hall–Kier alpha value is -2.82. The van der Waals surface area contributed by atoms with E-state index in [1.54, 1.807) is 0 Å². The number of carbonyl (C=O) groups excluding carboxylic acids is 2. The van der Waals surface area contributed by atoms with Gasteiger partial charge >= 0.3 is 0 Å². The summed E-state index contributed by atoms with van der Waals surface area (Å²) in [5.74, 6) is -0.0138. The largest absolute Gasteiger partial charge is 0.354 e. The molecule has 0 aromatic heterocycles. The summed E-state index contributed by atoms with van der Waals surface area (Å²) in [4.78, 5) is 27.5. The second-order valence-corrected chi connectivity index (χ2v) is 8.11. The van der Waals surface area contributed by atoms with E-state index >= 15 is 0 Å². The van der Waals surface area contributed by atoms with Crippen LogP contribution in [0.25, 0.3) is 0 Å². The molecule has 0 radical (unpaired) electrons. The second-order valence-electron chi connectivity index (χ2n) is 8.11. The average Bonchev–Trinajstić information content (AvgIpc) is 2.73. The fourth-order valence-corrected chi connectivity index (χ4v) is 3.97. The highest BCUT2D eigenvalue weighted by molar-refractivity contribution is 6.00. The van der Waals surface area contributed by atoms with Crippen molar-refractivity contribution in [2.24, 2.45) is 5.92 Å². The summed E-state index contributed by atoms with van der Waals surface area (Å²) >= 11 is 0. The number of benzene rings is 2. The van der Waals surface area contributed by atoms with E-state index in [0.717, 1.165) is 30.6 Å². The Kier molecular flexibility index (Phi) is 6.91. The summed E-state index contributed by atoms with van der Waals surface area (Å²) in [6.45, 7) is 3.94. The van der Waals surface area contributed by atoms with E-state index in [2.05, 4.69) is 10.6 Å². The average molecular weight is 394 g/mol. The molecule has 2 unspecified atom stereocenters. The smallest absolute Gasteiger partial charge is 0.253 e. The molecule has 0 spiro atoms. The lowest BCUT2D eigenvalue weighted by atomic mass is 9.85. The fourth-order valence-electron chi connectivity index (χ4n) is 3.97. The summed E-state index contributed by atoms with van der Waals surface area (Å²) in [7, 11) is 1.97. The summed E-state index contributed by atoms with van der Waals surface area (Å²) in [5, 5.41) is 6.18. The molecule has 1 saturated carbocycles. The van der Waals surface area contributed by atoms with Crippen LogP contribution in [0.15, 0.2) is 54.6 Å². The first-order valence-corrected chi connectivity index (χ1v) is 10.4. The third kappa shape index (κ3) is 5.37. The maximum Gasteiger partial charge on any atom is 0.253 e. The van der Waals surface area contributed by atoms with Crippen LogP contribution in [-0.4, -0.2) is 30.9 Å². The quantitative estimate of drug-likeness (QED) is 0.771. The maximum absolute atomic E-state index is 13.1. The number of carbonyl (C=O) groups is 2. The standard InChI is InChI=1S/C24H31N3O2/c1-17(2)25-23(28)18-10-9-11-19(16-18)26-24(29)21-14-7-8-15-22(21)27(3)20-12-5-4-6-13-20/h4-8,12-15,17-19H,9-11,16H2,1-3H3,(H,25,28)(H,26,29). The van der Waals surface area contributed by atoms with Crippen molar-refractivity contribution in [1.29, 1.82) is 0 Å². The van der Waals surface area contributed by atoms with Crippen LogP contribution in [0.1, 0.15) is 49.9 Å². The first-order chi connectivity index (χ1) is 14.0. The SMILES string of the molecule is CC(C)NC(=O)C1CCCC(NC(=O)c2ccccc2N(C)c2ccccc2)C1. The Morgan fingerprint density at radius 2 is 1.69 bits per heavy atom. The maximum atomic E-state index is 13.1. The van der Waals surface area contributed by atoms with Gasteiger partial charge in [-0.05, 0) is 57.4 Å². The molecule has 5 nitrogen and oxygen atoms in total. The lowest BCUT2D eigenvalue weighted by Crippen LogP contribution is -2.43. The van der Waals surface area contributed by atoms with Gasteiger partial charge in [0.1, 0.15) is 0 Å². The van der Waals surface area contributed by atoms with Crippen LogP contribution in [-0.2, 0) is 4.79 Å². The molecule has 1 aliphatic rings. The van der Waals surface area contributed by atoms with Crippen molar-refractivity contribution in [3.05, 3.63) is 60.2 Å². The minimum Gasteiger partial charge on any atom is -0.354 e. The monoisotopic (exact) mass is 393 g/mol. The van der Waals surface area contributed by atoms with E-state index in [1.165, 1.54) is 0 Å². The summed E-state index contributed by atoms with van der Waals surface area (Å²) < 4.78 is 0. The zero-order valence-electron chi connectivity index (χ0n) is 17.5. The van der Waals surface area contributed by atoms with Gasteiger partial charge in [-0.25, -0.2) is 0 Å². The fraction of sp³-hybridized carbons (Fsp3) is 0.417. The van der Waals surface area contributed by atoms with E-state index in [4.69, 9.17) is 0 Å². The lowest BCUT2D eigenvalue weighted by Gasteiger charge is -2.30. The molecule has 2 atom stereocenters. The molecule has 1 aliphatic carbocycles. The molecule has 2 N–H and O–H groups in total. The summed E-state index contributed by atoms with van der Waals surface area (Å²) in [5.41, 5.74) is 2.53. The van der Waals surface area contributed by atoms with Crippen molar-refractivity contribution in [2.45, 2.75) is 51.6 Å². The van der Waals surface area contributed by atoms with Gasteiger partial charge in [0.05, 0.1) is 11.3 Å². The van der Waals surface area contributed by atoms with Gasteiger partial charge in [-0.1, -0.05) is 36.8 Å². The van der Waals surface area contributed by atoms with Gasteiger partial charge in [0.2, 0.25) is 5.91 Å². The molecule has 154 valence electrons. The first-order valence-electron chi connectivity index (χ1n) is 10.4. The van der Waals surface area contributed by atoms with Crippen molar-refractivity contribution in [2.75, 3.05) is 11.9 Å². The Labute approximate surface area is 173 Å². The number of nitrogens with one attached hydrogen (secondary N) is 2. The van der Waals surface area contributed by atoms with E-state index in [-0.39, 0.29) is 29.8 Å². The highest BCUT2D eigenvalue weighted by Crippen LogP contribution is 2.28. The Balaban J connectivity index is 1.70. The van der Waals surface area contributed by atoms with Crippen molar-refractivity contribution >= 4 is 23.2 Å². The third-order valence-corrected chi connectivity index (χ3v) is 5.46. The summed E-state index contributed by atoms with van der Waals surface area (Å²) in [6, 6.07) is 17.8. The van der Waals surface area contributed by atoms with Crippen LogP contribution in [0.2, 0.25) is 0 Å². The number of para-hydroxylation sites is 2. The van der Waals surface area contributed by atoms with Crippen LogP contribution < -0.4 is 15.5 Å². The first kappa shape index (κ1) is 20.9. The molecule has 3 rings (SSSR count). The number of hydrogen-bond acceptors (Lipinski definition) is 3.